The standard InChI is InChI=1S/C22H27N7/c1-13-16(12-24-26-13)21-15-7-5-4-6-14(15)19-17(25-21)8-9-18-20(19)22(28-27-18)23-10-11-29(2)3/h8-9,12H,4-7,10-11H2,1-3H3,(H,24,26)(H2,23,27,28). The number of aromatic amines is 2. The minimum absolute atomic E-state index is 0.852. The van der Waals surface area contributed by atoms with E-state index < -0.39 is 0 Å². The lowest BCUT2D eigenvalue weighted by Crippen LogP contribution is -2.21. The summed E-state index contributed by atoms with van der Waals surface area (Å²) in [7, 11) is 4.17. The number of aryl methyl sites for hydroxylation is 2. The number of H-pyrrole nitrogens is 2. The minimum Gasteiger partial charge on any atom is -0.367 e. The van der Waals surface area contributed by atoms with Crippen LogP contribution in [-0.2, 0) is 12.8 Å². The van der Waals surface area contributed by atoms with Crippen molar-refractivity contribution in [2.75, 3.05) is 32.5 Å². The molecule has 0 atom stereocenters. The lowest BCUT2D eigenvalue weighted by Gasteiger charge is -2.22. The average molecular weight is 390 g/mol. The first-order chi connectivity index (χ1) is 14.1. The third kappa shape index (κ3) is 3.06. The molecule has 0 radical (unpaired) electrons. The predicted molar refractivity (Wildman–Crippen MR) is 117 cm³/mol. The van der Waals surface area contributed by atoms with Crippen molar-refractivity contribution in [2.45, 2.75) is 32.6 Å². The van der Waals surface area contributed by atoms with Crippen LogP contribution in [0.15, 0.2) is 18.3 Å². The molecule has 1 aromatic carbocycles. The highest BCUT2D eigenvalue weighted by Gasteiger charge is 2.23. The first kappa shape index (κ1) is 18.1. The molecule has 1 aliphatic carbocycles. The van der Waals surface area contributed by atoms with E-state index in [-0.39, 0.29) is 0 Å². The molecule has 4 aromatic rings. The lowest BCUT2D eigenvalue weighted by atomic mass is 9.85. The molecule has 7 heteroatoms. The normalized spacial score (nSPS) is 14.1. The van der Waals surface area contributed by atoms with Crippen molar-refractivity contribution in [1.82, 2.24) is 30.3 Å². The number of hydrogen-bond acceptors (Lipinski definition) is 5. The van der Waals surface area contributed by atoms with Gasteiger partial charge in [-0.25, -0.2) is 4.98 Å². The van der Waals surface area contributed by atoms with Gasteiger partial charge in [-0.15, -0.1) is 0 Å². The summed E-state index contributed by atoms with van der Waals surface area (Å²) in [6, 6.07) is 4.21. The molecule has 0 saturated carbocycles. The largest absolute Gasteiger partial charge is 0.367 e. The molecule has 0 amide bonds. The molecule has 150 valence electrons. The summed E-state index contributed by atoms with van der Waals surface area (Å²) in [6.07, 6.45) is 6.48. The number of aromatic nitrogens is 5. The maximum Gasteiger partial charge on any atom is 0.156 e. The summed E-state index contributed by atoms with van der Waals surface area (Å²) in [5.41, 5.74) is 8.17. The Morgan fingerprint density at radius 1 is 1.07 bits per heavy atom. The van der Waals surface area contributed by atoms with Gasteiger partial charge in [-0.2, -0.15) is 10.2 Å². The zero-order chi connectivity index (χ0) is 20.0. The van der Waals surface area contributed by atoms with Crippen molar-refractivity contribution in [3.8, 4) is 11.3 Å². The Morgan fingerprint density at radius 3 is 2.66 bits per heavy atom. The first-order valence-electron chi connectivity index (χ1n) is 10.3. The maximum atomic E-state index is 5.13. The first-order valence-corrected chi connectivity index (χ1v) is 10.3. The van der Waals surface area contributed by atoms with Crippen LogP contribution >= 0.6 is 0 Å². The fourth-order valence-corrected chi connectivity index (χ4v) is 4.47. The lowest BCUT2D eigenvalue weighted by molar-refractivity contribution is 0.425. The molecule has 0 saturated heterocycles. The van der Waals surface area contributed by atoms with E-state index >= 15 is 0 Å². The van der Waals surface area contributed by atoms with Crippen molar-refractivity contribution in [3.05, 3.63) is 35.2 Å². The van der Waals surface area contributed by atoms with E-state index in [1.165, 1.54) is 34.7 Å². The molecule has 7 nitrogen and oxygen atoms in total. The number of nitrogens with zero attached hydrogens (tertiary/aromatic N) is 4. The molecule has 0 spiro atoms. The number of hydrogen-bond donors (Lipinski definition) is 3. The molecule has 0 bridgehead atoms. The predicted octanol–water partition coefficient (Wildman–Crippen LogP) is 3.66. The molecule has 29 heavy (non-hydrogen) atoms. The van der Waals surface area contributed by atoms with Crippen LogP contribution < -0.4 is 5.32 Å². The molecule has 3 heterocycles. The van der Waals surface area contributed by atoms with Crippen LogP contribution in [0.4, 0.5) is 5.82 Å². The molecule has 0 aliphatic heterocycles. The van der Waals surface area contributed by atoms with E-state index in [0.717, 1.165) is 59.7 Å². The Morgan fingerprint density at radius 2 is 1.90 bits per heavy atom. The number of pyridine rings is 1. The zero-order valence-electron chi connectivity index (χ0n) is 17.3. The van der Waals surface area contributed by atoms with Crippen molar-refractivity contribution >= 4 is 27.6 Å². The molecular weight excluding hydrogens is 362 g/mol. The second-order valence-corrected chi connectivity index (χ2v) is 8.22. The Kier molecular flexibility index (Phi) is 4.47. The number of nitrogens with one attached hydrogen (secondary N) is 3. The van der Waals surface area contributed by atoms with Gasteiger partial charge in [-0.1, -0.05) is 0 Å². The molecule has 0 fully saturated rings. The zero-order valence-corrected chi connectivity index (χ0v) is 17.3. The molecule has 1 aliphatic rings. The monoisotopic (exact) mass is 389 g/mol. The smallest absolute Gasteiger partial charge is 0.156 e. The molecule has 3 N–H and O–H groups in total. The van der Waals surface area contributed by atoms with E-state index in [0.29, 0.717) is 0 Å². The van der Waals surface area contributed by atoms with E-state index in [4.69, 9.17) is 4.98 Å². The van der Waals surface area contributed by atoms with Crippen LogP contribution in [0.2, 0.25) is 0 Å². The molecular formula is C22H27N7. The third-order valence-electron chi connectivity index (χ3n) is 5.93. The average Bonchev–Trinajstić information content (AvgIpc) is 3.33. The number of rotatable bonds is 5. The molecule has 5 rings (SSSR count). The van der Waals surface area contributed by atoms with Gasteiger partial charge in [0.1, 0.15) is 0 Å². The number of fused-ring (bicyclic) bond motifs is 5. The minimum atomic E-state index is 0.852. The van der Waals surface area contributed by atoms with Crippen molar-refractivity contribution in [3.63, 3.8) is 0 Å². The van der Waals surface area contributed by atoms with E-state index in [1.54, 1.807) is 0 Å². The van der Waals surface area contributed by atoms with Gasteiger partial charge in [0, 0.05) is 29.7 Å². The van der Waals surface area contributed by atoms with Crippen LogP contribution in [0.1, 0.15) is 29.7 Å². The van der Waals surface area contributed by atoms with Gasteiger partial charge in [0.25, 0.3) is 0 Å². The summed E-state index contributed by atoms with van der Waals surface area (Å²) in [6.45, 7) is 3.88. The summed E-state index contributed by atoms with van der Waals surface area (Å²) in [5, 5.41) is 21.0. The summed E-state index contributed by atoms with van der Waals surface area (Å²) in [5.74, 6) is 0.925. The SMILES string of the molecule is Cc1[nH]ncc1-c1nc2ccc3[nH]nc(NCCN(C)C)c3c2c2c1CCCC2. The van der Waals surface area contributed by atoms with Crippen LogP contribution in [0.5, 0.6) is 0 Å². The third-order valence-corrected chi connectivity index (χ3v) is 5.93. The number of anilines is 1. The Bertz CT molecular complexity index is 1190. The highest BCUT2D eigenvalue weighted by atomic mass is 15.2. The summed E-state index contributed by atoms with van der Waals surface area (Å²) in [4.78, 5) is 7.30. The summed E-state index contributed by atoms with van der Waals surface area (Å²) < 4.78 is 0. The Balaban J connectivity index is 1.74. The van der Waals surface area contributed by atoms with Crippen molar-refractivity contribution in [1.29, 1.82) is 0 Å². The fourth-order valence-electron chi connectivity index (χ4n) is 4.47. The van der Waals surface area contributed by atoms with Gasteiger partial charge in [0.05, 0.1) is 28.3 Å². The molecule has 0 unspecified atom stereocenters. The van der Waals surface area contributed by atoms with Gasteiger partial charge in [-0.3, -0.25) is 10.2 Å². The van der Waals surface area contributed by atoms with Crippen molar-refractivity contribution in [2.24, 2.45) is 0 Å². The summed E-state index contributed by atoms with van der Waals surface area (Å²) >= 11 is 0. The van der Waals surface area contributed by atoms with E-state index in [2.05, 4.69) is 63.8 Å². The van der Waals surface area contributed by atoms with Crippen molar-refractivity contribution < 1.29 is 0 Å². The second kappa shape index (κ2) is 7.15. The van der Waals surface area contributed by atoms with E-state index in [1.807, 2.05) is 6.20 Å². The highest BCUT2D eigenvalue weighted by molar-refractivity contribution is 6.13. The topological polar surface area (TPSA) is 85.5 Å². The Labute approximate surface area is 169 Å². The van der Waals surface area contributed by atoms with Gasteiger partial charge in [0.15, 0.2) is 5.82 Å². The van der Waals surface area contributed by atoms with Gasteiger partial charge >= 0.3 is 0 Å². The Hall–Kier alpha value is -2.93. The van der Waals surface area contributed by atoms with Gasteiger partial charge in [-0.05, 0) is 70.0 Å². The van der Waals surface area contributed by atoms with E-state index in [9.17, 15) is 0 Å². The van der Waals surface area contributed by atoms with Crippen LogP contribution in [-0.4, -0.2) is 57.5 Å². The second-order valence-electron chi connectivity index (χ2n) is 8.22. The van der Waals surface area contributed by atoms with Crippen LogP contribution in [0.3, 0.4) is 0 Å². The van der Waals surface area contributed by atoms with Gasteiger partial charge < -0.3 is 10.2 Å². The maximum absolute atomic E-state index is 5.13. The van der Waals surface area contributed by atoms with Crippen LogP contribution in [0, 0.1) is 6.92 Å². The highest BCUT2D eigenvalue weighted by Crippen LogP contribution is 2.39. The van der Waals surface area contributed by atoms with Crippen LogP contribution in [0.25, 0.3) is 33.1 Å². The number of benzene rings is 1. The quantitative estimate of drug-likeness (QED) is 0.485. The number of likely N-dealkylation sites (N-methyl/N-ethyl adjacent to an activating group) is 1. The van der Waals surface area contributed by atoms with Gasteiger partial charge in [0.2, 0.25) is 0 Å². The fraction of sp³-hybridized carbons (Fsp3) is 0.409. The molecule has 3 aromatic heterocycles.